The number of aliphatic hydroxyl groups is 1. The average Bonchev–Trinajstić information content (AvgIpc) is 2.32. The molecule has 94 valence electrons. The van der Waals surface area contributed by atoms with Crippen molar-refractivity contribution in [1.29, 1.82) is 0 Å². The van der Waals surface area contributed by atoms with E-state index < -0.39 is 6.10 Å². The molecule has 0 aliphatic heterocycles. The maximum atomic E-state index is 9.70. The van der Waals surface area contributed by atoms with Crippen molar-refractivity contribution in [2.45, 2.75) is 44.5 Å². The standard InChI is InChI=1S/C13H19NO3/c1-3-13(15)12-8-9(4-5-14-12)17-11-6-10(7-11)16-2/h4-5,8,10-11,13,15H,3,6-7H2,1-2H3/t10?,11?,13-/m0/s1. The van der Waals surface area contributed by atoms with Crippen molar-refractivity contribution in [3.05, 3.63) is 24.0 Å². The van der Waals surface area contributed by atoms with Gasteiger partial charge in [-0.05, 0) is 12.5 Å². The van der Waals surface area contributed by atoms with Gasteiger partial charge in [0.2, 0.25) is 0 Å². The zero-order valence-corrected chi connectivity index (χ0v) is 10.3. The van der Waals surface area contributed by atoms with Crippen molar-refractivity contribution in [3.63, 3.8) is 0 Å². The number of aliphatic hydroxyl groups excluding tert-OH is 1. The van der Waals surface area contributed by atoms with Gasteiger partial charge in [0.15, 0.2) is 0 Å². The van der Waals surface area contributed by atoms with E-state index in [4.69, 9.17) is 9.47 Å². The second kappa shape index (κ2) is 5.47. The molecule has 0 radical (unpaired) electrons. The van der Waals surface area contributed by atoms with E-state index in [9.17, 15) is 5.11 Å². The molecular weight excluding hydrogens is 218 g/mol. The first-order chi connectivity index (χ1) is 8.22. The molecule has 17 heavy (non-hydrogen) atoms. The van der Waals surface area contributed by atoms with Gasteiger partial charge < -0.3 is 14.6 Å². The lowest BCUT2D eigenvalue weighted by atomic mass is 9.92. The van der Waals surface area contributed by atoms with E-state index in [1.807, 2.05) is 19.1 Å². The van der Waals surface area contributed by atoms with E-state index in [2.05, 4.69) is 4.98 Å². The molecule has 1 atom stereocenters. The van der Waals surface area contributed by atoms with Gasteiger partial charge >= 0.3 is 0 Å². The van der Waals surface area contributed by atoms with Crippen molar-refractivity contribution >= 4 is 0 Å². The largest absolute Gasteiger partial charge is 0.490 e. The predicted octanol–water partition coefficient (Wildman–Crippen LogP) is 2.08. The maximum Gasteiger partial charge on any atom is 0.123 e. The summed E-state index contributed by atoms with van der Waals surface area (Å²) < 4.78 is 11.0. The number of hydrogen-bond donors (Lipinski definition) is 1. The molecule has 0 bridgehead atoms. The highest BCUT2D eigenvalue weighted by Crippen LogP contribution is 2.28. The third-order valence-electron chi connectivity index (χ3n) is 3.17. The summed E-state index contributed by atoms with van der Waals surface area (Å²) in [4.78, 5) is 4.14. The van der Waals surface area contributed by atoms with Gasteiger partial charge in [-0.2, -0.15) is 0 Å². The van der Waals surface area contributed by atoms with Gasteiger partial charge in [0.05, 0.1) is 17.9 Å². The van der Waals surface area contributed by atoms with Crippen LogP contribution < -0.4 is 4.74 Å². The normalized spacial score (nSPS) is 25.1. The Morgan fingerprint density at radius 2 is 2.24 bits per heavy atom. The highest BCUT2D eigenvalue weighted by Gasteiger charge is 2.30. The van der Waals surface area contributed by atoms with Crippen molar-refractivity contribution in [3.8, 4) is 5.75 Å². The topological polar surface area (TPSA) is 51.6 Å². The van der Waals surface area contributed by atoms with E-state index >= 15 is 0 Å². The fourth-order valence-corrected chi connectivity index (χ4v) is 1.89. The molecule has 1 aromatic heterocycles. The Morgan fingerprint density at radius 1 is 1.47 bits per heavy atom. The van der Waals surface area contributed by atoms with Crippen molar-refractivity contribution in [2.24, 2.45) is 0 Å². The summed E-state index contributed by atoms with van der Waals surface area (Å²) in [6.07, 6.45) is 4.26. The molecule has 4 nitrogen and oxygen atoms in total. The summed E-state index contributed by atoms with van der Waals surface area (Å²) >= 11 is 0. The van der Waals surface area contributed by atoms with Crippen LogP contribution in [0.25, 0.3) is 0 Å². The van der Waals surface area contributed by atoms with E-state index in [0.29, 0.717) is 18.2 Å². The SMILES string of the molecule is CC[C@H](O)c1cc(OC2CC(OC)C2)ccn1. The summed E-state index contributed by atoms with van der Waals surface area (Å²) in [5.74, 6) is 0.780. The molecule has 0 unspecified atom stereocenters. The predicted molar refractivity (Wildman–Crippen MR) is 63.9 cm³/mol. The van der Waals surface area contributed by atoms with Crippen LogP contribution in [0.3, 0.4) is 0 Å². The molecule has 2 rings (SSSR count). The van der Waals surface area contributed by atoms with Gasteiger partial charge in [-0.1, -0.05) is 6.92 Å². The highest BCUT2D eigenvalue weighted by atomic mass is 16.5. The second-order valence-corrected chi connectivity index (χ2v) is 4.41. The first-order valence-corrected chi connectivity index (χ1v) is 6.06. The van der Waals surface area contributed by atoms with Crippen LogP contribution >= 0.6 is 0 Å². The summed E-state index contributed by atoms with van der Waals surface area (Å²) in [6.45, 7) is 1.93. The third-order valence-corrected chi connectivity index (χ3v) is 3.17. The lowest BCUT2D eigenvalue weighted by Crippen LogP contribution is -2.38. The minimum atomic E-state index is -0.508. The summed E-state index contributed by atoms with van der Waals surface area (Å²) in [5, 5.41) is 9.70. The Kier molecular flexibility index (Phi) is 3.97. The number of methoxy groups -OCH3 is 1. The van der Waals surface area contributed by atoms with E-state index in [1.54, 1.807) is 13.3 Å². The Balaban J connectivity index is 1.93. The molecular formula is C13H19NO3. The zero-order valence-electron chi connectivity index (χ0n) is 10.3. The van der Waals surface area contributed by atoms with E-state index in [0.717, 1.165) is 18.6 Å². The minimum Gasteiger partial charge on any atom is -0.490 e. The quantitative estimate of drug-likeness (QED) is 0.852. The molecule has 1 aromatic rings. The van der Waals surface area contributed by atoms with Crippen molar-refractivity contribution in [1.82, 2.24) is 4.98 Å². The molecule has 1 fully saturated rings. The van der Waals surface area contributed by atoms with E-state index in [1.165, 1.54) is 0 Å². The fraction of sp³-hybridized carbons (Fsp3) is 0.615. The van der Waals surface area contributed by atoms with Crippen LogP contribution in [0.2, 0.25) is 0 Å². The van der Waals surface area contributed by atoms with E-state index in [-0.39, 0.29) is 6.10 Å². The lowest BCUT2D eigenvalue weighted by Gasteiger charge is -2.34. The van der Waals surface area contributed by atoms with Gasteiger partial charge in [-0.15, -0.1) is 0 Å². The number of aromatic nitrogens is 1. The van der Waals surface area contributed by atoms with Crippen LogP contribution in [-0.4, -0.2) is 29.4 Å². The Hall–Kier alpha value is -1.13. The van der Waals surface area contributed by atoms with Crippen LogP contribution in [0.15, 0.2) is 18.3 Å². The van der Waals surface area contributed by atoms with Gasteiger partial charge in [0, 0.05) is 32.2 Å². The second-order valence-electron chi connectivity index (χ2n) is 4.41. The molecule has 0 amide bonds. The fourth-order valence-electron chi connectivity index (χ4n) is 1.89. The van der Waals surface area contributed by atoms with Crippen LogP contribution in [0.5, 0.6) is 5.75 Å². The van der Waals surface area contributed by atoms with Gasteiger partial charge in [0.1, 0.15) is 11.9 Å². The van der Waals surface area contributed by atoms with Gasteiger partial charge in [-0.25, -0.2) is 0 Å². The van der Waals surface area contributed by atoms with Crippen LogP contribution in [0, 0.1) is 0 Å². The Labute approximate surface area is 102 Å². The molecule has 0 spiro atoms. The number of nitrogens with zero attached hydrogens (tertiary/aromatic N) is 1. The zero-order chi connectivity index (χ0) is 12.3. The lowest BCUT2D eigenvalue weighted by molar-refractivity contribution is -0.0382. The molecule has 0 saturated heterocycles. The van der Waals surface area contributed by atoms with Gasteiger partial charge in [-0.3, -0.25) is 4.98 Å². The highest BCUT2D eigenvalue weighted by molar-refractivity contribution is 5.24. The maximum absolute atomic E-state index is 9.70. The van der Waals surface area contributed by atoms with Gasteiger partial charge in [0.25, 0.3) is 0 Å². The molecule has 1 saturated carbocycles. The average molecular weight is 237 g/mol. The number of rotatable bonds is 5. The molecule has 1 N–H and O–H groups in total. The number of pyridine rings is 1. The van der Waals surface area contributed by atoms with Crippen LogP contribution in [0.1, 0.15) is 38.0 Å². The first kappa shape index (κ1) is 12.3. The van der Waals surface area contributed by atoms with Crippen LogP contribution in [0.4, 0.5) is 0 Å². The Bertz CT molecular complexity index is 363. The van der Waals surface area contributed by atoms with Crippen molar-refractivity contribution < 1.29 is 14.6 Å². The molecule has 1 aliphatic carbocycles. The number of ether oxygens (including phenoxy) is 2. The summed E-state index contributed by atoms with van der Waals surface area (Å²) in [5.41, 5.74) is 0.674. The summed E-state index contributed by atoms with van der Waals surface area (Å²) in [7, 11) is 1.73. The monoisotopic (exact) mass is 237 g/mol. The molecule has 4 heteroatoms. The Morgan fingerprint density at radius 3 is 2.88 bits per heavy atom. The summed E-state index contributed by atoms with van der Waals surface area (Å²) in [6, 6.07) is 3.64. The van der Waals surface area contributed by atoms with Crippen molar-refractivity contribution in [2.75, 3.05) is 7.11 Å². The molecule has 1 heterocycles. The van der Waals surface area contributed by atoms with Crippen LogP contribution in [-0.2, 0) is 4.74 Å². The molecule has 0 aromatic carbocycles. The first-order valence-electron chi connectivity index (χ1n) is 6.06. The third kappa shape index (κ3) is 2.96. The smallest absolute Gasteiger partial charge is 0.123 e. The number of hydrogen-bond acceptors (Lipinski definition) is 4. The molecule has 1 aliphatic rings. The minimum absolute atomic E-state index is 0.231.